The molecule has 23 heavy (non-hydrogen) atoms. The highest BCUT2D eigenvalue weighted by Gasteiger charge is 2.30. The summed E-state index contributed by atoms with van der Waals surface area (Å²) >= 11 is 0. The van der Waals surface area contributed by atoms with Gasteiger partial charge in [-0.1, -0.05) is 23.4 Å². The number of esters is 1. The summed E-state index contributed by atoms with van der Waals surface area (Å²) in [6.45, 7) is 2.04. The highest BCUT2D eigenvalue weighted by Crippen LogP contribution is 2.21. The fourth-order valence-electron chi connectivity index (χ4n) is 2.29. The molecule has 0 saturated carbocycles. The molecule has 1 aromatic heterocycles. The molecular weight excluding hydrogens is 299 g/mol. The van der Waals surface area contributed by atoms with Gasteiger partial charge in [0.25, 0.3) is 0 Å². The molecule has 1 aliphatic rings. The molecule has 3 rings (SSSR count). The number of benzene rings is 1. The lowest BCUT2D eigenvalue weighted by Crippen LogP contribution is -2.23. The molecule has 1 aromatic carbocycles. The molecule has 0 radical (unpaired) electrons. The molecular formula is C17H15FN2O3. The van der Waals surface area contributed by atoms with Crippen LogP contribution in [0.1, 0.15) is 19.0 Å². The molecule has 2 heterocycles. The van der Waals surface area contributed by atoms with E-state index in [1.165, 1.54) is 12.1 Å². The van der Waals surface area contributed by atoms with Crippen LogP contribution in [-0.2, 0) is 14.4 Å². The van der Waals surface area contributed by atoms with E-state index in [1.54, 1.807) is 25.3 Å². The number of oxime groups is 1. The summed E-state index contributed by atoms with van der Waals surface area (Å²) < 4.78 is 18.2. The van der Waals surface area contributed by atoms with Crippen LogP contribution in [0.3, 0.4) is 0 Å². The van der Waals surface area contributed by atoms with E-state index in [-0.39, 0.29) is 5.82 Å². The smallest absolute Gasteiger partial charge is 0.350 e. The Balaban J connectivity index is 1.72. The number of carbonyl (C=O) groups excluding carboxylic acids is 1. The topological polar surface area (TPSA) is 60.8 Å². The minimum absolute atomic E-state index is 0.294. The Morgan fingerprint density at radius 3 is 2.91 bits per heavy atom. The van der Waals surface area contributed by atoms with Gasteiger partial charge in [0.2, 0.25) is 6.10 Å². The molecule has 1 aliphatic heterocycles. The first-order valence-electron chi connectivity index (χ1n) is 7.29. The van der Waals surface area contributed by atoms with Crippen molar-refractivity contribution in [3.05, 3.63) is 54.1 Å². The van der Waals surface area contributed by atoms with E-state index in [9.17, 15) is 9.18 Å². The number of ether oxygens (including phenoxy) is 1. The highest BCUT2D eigenvalue weighted by atomic mass is 19.1. The van der Waals surface area contributed by atoms with Crippen LogP contribution in [0.25, 0.3) is 11.1 Å². The minimum atomic E-state index is -0.713. The van der Waals surface area contributed by atoms with Crippen molar-refractivity contribution in [2.45, 2.75) is 19.4 Å². The molecule has 118 valence electrons. The third-order valence-electron chi connectivity index (χ3n) is 3.44. The number of aromatic nitrogens is 1. The maximum absolute atomic E-state index is 13.3. The monoisotopic (exact) mass is 314 g/mol. The fourth-order valence-corrected chi connectivity index (χ4v) is 2.29. The number of rotatable bonds is 4. The van der Waals surface area contributed by atoms with E-state index in [2.05, 4.69) is 10.1 Å². The van der Waals surface area contributed by atoms with Gasteiger partial charge in [0.05, 0.1) is 12.3 Å². The molecule has 0 N–H and O–H groups in total. The first kappa shape index (κ1) is 15.1. The molecule has 0 fully saturated rings. The van der Waals surface area contributed by atoms with E-state index >= 15 is 0 Å². The van der Waals surface area contributed by atoms with Gasteiger partial charge in [-0.25, -0.2) is 9.18 Å². The molecule has 2 aromatic rings. The van der Waals surface area contributed by atoms with Crippen LogP contribution in [0.4, 0.5) is 4.39 Å². The lowest BCUT2D eigenvalue weighted by molar-refractivity contribution is -0.154. The van der Waals surface area contributed by atoms with Gasteiger partial charge in [0, 0.05) is 18.2 Å². The molecule has 0 bridgehead atoms. The van der Waals surface area contributed by atoms with E-state index in [1.807, 2.05) is 12.1 Å². The van der Waals surface area contributed by atoms with Crippen molar-refractivity contribution in [3.63, 3.8) is 0 Å². The van der Waals surface area contributed by atoms with Gasteiger partial charge in [0.15, 0.2) is 0 Å². The Kier molecular flexibility index (Phi) is 4.32. The van der Waals surface area contributed by atoms with Crippen LogP contribution in [0.15, 0.2) is 47.8 Å². The number of hydrogen-bond acceptors (Lipinski definition) is 5. The van der Waals surface area contributed by atoms with Gasteiger partial charge in [-0.15, -0.1) is 0 Å². The van der Waals surface area contributed by atoms with Crippen molar-refractivity contribution in [3.8, 4) is 11.1 Å². The maximum atomic E-state index is 13.3. The van der Waals surface area contributed by atoms with Crippen LogP contribution in [0, 0.1) is 5.82 Å². The molecule has 1 unspecified atom stereocenters. The first-order valence-corrected chi connectivity index (χ1v) is 7.29. The summed E-state index contributed by atoms with van der Waals surface area (Å²) in [6.07, 6.45) is 1.25. The van der Waals surface area contributed by atoms with Crippen LogP contribution in [0.2, 0.25) is 0 Å². The average Bonchev–Trinajstić information content (AvgIpc) is 3.05. The van der Waals surface area contributed by atoms with Crippen molar-refractivity contribution in [1.29, 1.82) is 0 Å². The Hall–Kier alpha value is -2.76. The third-order valence-corrected chi connectivity index (χ3v) is 3.44. The van der Waals surface area contributed by atoms with Crippen molar-refractivity contribution in [2.75, 3.05) is 6.61 Å². The number of pyridine rings is 1. The lowest BCUT2D eigenvalue weighted by Gasteiger charge is -2.06. The van der Waals surface area contributed by atoms with Gasteiger partial charge < -0.3 is 9.57 Å². The zero-order valence-corrected chi connectivity index (χ0v) is 12.5. The summed E-state index contributed by atoms with van der Waals surface area (Å²) in [5, 5.41) is 3.90. The Bertz CT molecular complexity index is 744. The van der Waals surface area contributed by atoms with Crippen LogP contribution in [-0.4, -0.2) is 29.4 Å². The molecule has 1 atom stereocenters. The summed E-state index contributed by atoms with van der Waals surface area (Å²) in [7, 11) is 0. The number of carbonyl (C=O) groups is 1. The number of hydrogen-bond donors (Lipinski definition) is 0. The quantitative estimate of drug-likeness (QED) is 0.814. The normalized spacial score (nSPS) is 16.6. The van der Waals surface area contributed by atoms with Gasteiger partial charge in [-0.2, -0.15) is 0 Å². The molecule has 0 amide bonds. The van der Waals surface area contributed by atoms with Crippen molar-refractivity contribution in [2.24, 2.45) is 5.16 Å². The van der Waals surface area contributed by atoms with Crippen LogP contribution in [0.5, 0.6) is 0 Å². The highest BCUT2D eigenvalue weighted by molar-refractivity contribution is 6.02. The molecule has 6 heteroatoms. The van der Waals surface area contributed by atoms with Crippen LogP contribution >= 0.6 is 0 Å². The standard InChI is InChI=1S/C17H15FN2O3/c1-2-22-17(21)16-9-15(20-23-16)14-7-6-12(10-19-14)11-4-3-5-13(18)8-11/h3-8,10,16H,2,9H2,1H3. The molecule has 0 saturated heterocycles. The second kappa shape index (κ2) is 6.56. The lowest BCUT2D eigenvalue weighted by atomic mass is 10.1. The Morgan fingerprint density at radius 1 is 1.35 bits per heavy atom. The zero-order chi connectivity index (χ0) is 16.2. The summed E-state index contributed by atoms with van der Waals surface area (Å²) in [5.41, 5.74) is 2.76. The predicted molar refractivity (Wildman–Crippen MR) is 82.3 cm³/mol. The summed E-state index contributed by atoms with van der Waals surface area (Å²) in [5.74, 6) is -0.722. The maximum Gasteiger partial charge on any atom is 0.350 e. The molecule has 0 spiro atoms. The minimum Gasteiger partial charge on any atom is -0.463 e. The molecule has 5 nitrogen and oxygen atoms in total. The number of halogens is 1. The SMILES string of the molecule is CCOC(=O)C1CC(c2ccc(-c3cccc(F)c3)cn2)=NO1. The van der Waals surface area contributed by atoms with Crippen LogP contribution < -0.4 is 0 Å². The first-order chi connectivity index (χ1) is 11.2. The van der Waals surface area contributed by atoms with Gasteiger partial charge in [-0.3, -0.25) is 4.98 Å². The van der Waals surface area contributed by atoms with E-state index in [0.717, 1.165) is 11.1 Å². The van der Waals surface area contributed by atoms with Crippen molar-refractivity contribution in [1.82, 2.24) is 4.98 Å². The molecule has 0 aliphatic carbocycles. The third kappa shape index (κ3) is 3.36. The predicted octanol–water partition coefficient (Wildman–Crippen LogP) is 2.94. The zero-order valence-electron chi connectivity index (χ0n) is 12.5. The van der Waals surface area contributed by atoms with E-state index in [0.29, 0.717) is 24.4 Å². The van der Waals surface area contributed by atoms with Gasteiger partial charge in [0.1, 0.15) is 11.5 Å². The average molecular weight is 314 g/mol. The summed E-state index contributed by atoms with van der Waals surface area (Å²) in [6, 6.07) is 9.91. The second-order valence-electron chi connectivity index (χ2n) is 5.03. The summed E-state index contributed by atoms with van der Waals surface area (Å²) in [4.78, 5) is 21.0. The largest absolute Gasteiger partial charge is 0.463 e. The van der Waals surface area contributed by atoms with Crippen molar-refractivity contribution >= 4 is 11.7 Å². The Labute approximate surface area is 132 Å². The van der Waals surface area contributed by atoms with Gasteiger partial charge >= 0.3 is 5.97 Å². The second-order valence-corrected chi connectivity index (χ2v) is 5.03. The Morgan fingerprint density at radius 2 is 2.22 bits per heavy atom. The fraction of sp³-hybridized carbons (Fsp3) is 0.235. The van der Waals surface area contributed by atoms with E-state index < -0.39 is 12.1 Å². The van der Waals surface area contributed by atoms with E-state index in [4.69, 9.17) is 9.57 Å². The van der Waals surface area contributed by atoms with Gasteiger partial charge in [-0.05, 0) is 30.7 Å². The van der Waals surface area contributed by atoms with Crippen molar-refractivity contribution < 1.29 is 18.8 Å². The number of nitrogens with zero attached hydrogens (tertiary/aromatic N) is 2.